The van der Waals surface area contributed by atoms with Gasteiger partial charge in [0, 0.05) is 5.69 Å². The van der Waals surface area contributed by atoms with Crippen LogP contribution in [0.1, 0.15) is 11.1 Å². The summed E-state index contributed by atoms with van der Waals surface area (Å²) in [7, 11) is 1.37. The minimum absolute atomic E-state index is 0.0188. The monoisotopic (exact) mass is 512 g/mol. The van der Waals surface area contributed by atoms with Gasteiger partial charge in [-0.2, -0.15) is 5.10 Å². The van der Waals surface area contributed by atoms with E-state index in [4.69, 9.17) is 21.1 Å². The van der Waals surface area contributed by atoms with E-state index in [2.05, 4.69) is 21.2 Å². The molecule has 0 fully saturated rings. The number of ether oxygens (including phenoxy) is 2. The Morgan fingerprint density at radius 2 is 1.69 bits per heavy atom. The maximum absolute atomic E-state index is 13.7. The Hall–Kier alpha value is -4.44. The summed E-state index contributed by atoms with van der Waals surface area (Å²) < 4.78 is 24.4. The third-order valence-electron chi connectivity index (χ3n) is 4.73. The van der Waals surface area contributed by atoms with Crippen molar-refractivity contribution in [2.24, 2.45) is 5.10 Å². The van der Waals surface area contributed by atoms with Gasteiger partial charge in [-0.25, -0.2) is 9.82 Å². The third kappa shape index (κ3) is 7.03. The molecule has 0 aliphatic carbocycles. The van der Waals surface area contributed by atoms with Crippen LogP contribution in [0.3, 0.4) is 0 Å². The largest absolute Gasteiger partial charge is 0.493 e. The molecule has 0 saturated heterocycles. The molecule has 0 spiro atoms. The van der Waals surface area contributed by atoms with Gasteiger partial charge in [-0.15, -0.1) is 0 Å². The second-order valence-electron chi connectivity index (χ2n) is 7.32. The first-order chi connectivity index (χ1) is 17.3. The zero-order valence-electron chi connectivity index (χ0n) is 19.3. The quantitative estimate of drug-likeness (QED) is 0.240. The lowest BCUT2D eigenvalue weighted by molar-refractivity contribution is -0.136. The molecular weight excluding hydrogens is 491 g/mol. The highest BCUT2D eigenvalue weighted by molar-refractivity contribution is 6.39. The number of nitrogens with one attached hydrogen (secondary N) is 3. The zero-order valence-corrected chi connectivity index (χ0v) is 20.1. The summed E-state index contributed by atoms with van der Waals surface area (Å²) in [4.78, 5) is 36.2. The van der Waals surface area contributed by atoms with Gasteiger partial charge in [-0.1, -0.05) is 41.9 Å². The van der Waals surface area contributed by atoms with Gasteiger partial charge >= 0.3 is 11.8 Å². The lowest BCUT2D eigenvalue weighted by atomic mass is 10.2. The Bertz CT molecular complexity index is 1320. The summed E-state index contributed by atoms with van der Waals surface area (Å²) in [6.45, 7) is 1.34. The van der Waals surface area contributed by atoms with Crippen molar-refractivity contribution in [2.45, 2.75) is 6.92 Å². The molecule has 9 nitrogen and oxygen atoms in total. The molecule has 0 aliphatic rings. The van der Waals surface area contributed by atoms with Crippen LogP contribution in [-0.4, -0.2) is 37.7 Å². The molecule has 3 aromatic rings. The maximum Gasteiger partial charge on any atom is 0.329 e. The van der Waals surface area contributed by atoms with Crippen molar-refractivity contribution in [1.82, 2.24) is 5.43 Å². The molecule has 3 rings (SSSR count). The molecule has 0 saturated carbocycles. The molecule has 0 unspecified atom stereocenters. The van der Waals surface area contributed by atoms with Crippen LogP contribution in [0.4, 0.5) is 15.8 Å². The van der Waals surface area contributed by atoms with E-state index in [9.17, 15) is 18.8 Å². The SMILES string of the molecule is COc1cc(/C=N\NC(=O)C(=O)Nc2ccccc2C)cc(Cl)c1OCC(=O)Nc1ccccc1F. The second-order valence-corrected chi connectivity index (χ2v) is 7.73. The molecule has 186 valence electrons. The van der Waals surface area contributed by atoms with Crippen molar-refractivity contribution in [2.75, 3.05) is 24.4 Å². The highest BCUT2D eigenvalue weighted by Gasteiger charge is 2.16. The van der Waals surface area contributed by atoms with Gasteiger partial charge in [0.25, 0.3) is 5.91 Å². The molecule has 3 amide bonds. The zero-order chi connectivity index (χ0) is 26.1. The number of amides is 3. The summed E-state index contributed by atoms with van der Waals surface area (Å²) in [6, 6.07) is 15.7. The Labute approximate surface area is 211 Å². The normalized spacial score (nSPS) is 10.6. The van der Waals surface area contributed by atoms with Gasteiger partial charge in [-0.3, -0.25) is 14.4 Å². The van der Waals surface area contributed by atoms with Gasteiger partial charge in [0.15, 0.2) is 18.1 Å². The van der Waals surface area contributed by atoms with Crippen molar-refractivity contribution < 1.29 is 28.2 Å². The topological polar surface area (TPSA) is 118 Å². The molecule has 0 radical (unpaired) electrons. The molecular formula is C25H22ClFN4O5. The molecule has 11 heteroatoms. The predicted octanol–water partition coefficient (Wildman–Crippen LogP) is 3.90. The summed E-state index contributed by atoms with van der Waals surface area (Å²) >= 11 is 6.27. The molecule has 0 aliphatic heterocycles. The first-order valence-corrected chi connectivity index (χ1v) is 10.9. The van der Waals surface area contributed by atoms with Crippen LogP contribution in [0.25, 0.3) is 0 Å². The first-order valence-electron chi connectivity index (χ1n) is 10.5. The van der Waals surface area contributed by atoms with Gasteiger partial charge in [0.05, 0.1) is 24.0 Å². The highest BCUT2D eigenvalue weighted by atomic mass is 35.5. The van der Waals surface area contributed by atoms with E-state index >= 15 is 0 Å². The number of aryl methyl sites for hydroxylation is 1. The van der Waals surface area contributed by atoms with Crippen molar-refractivity contribution >= 4 is 46.9 Å². The summed E-state index contributed by atoms with van der Waals surface area (Å²) in [5.74, 6) is -2.75. The number of hydrogen-bond donors (Lipinski definition) is 3. The van der Waals surface area contributed by atoms with Crippen LogP contribution in [0.2, 0.25) is 5.02 Å². The lowest BCUT2D eigenvalue weighted by Crippen LogP contribution is -2.32. The highest BCUT2D eigenvalue weighted by Crippen LogP contribution is 2.36. The van der Waals surface area contributed by atoms with Crippen molar-refractivity contribution in [3.05, 3.63) is 82.6 Å². The Kier molecular flexibility index (Phi) is 8.95. The Morgan fingerprint density at radius 1 is 1.00 bits per heavy atom. The summed E-state index contributed by atoms with van der Waals surface area (Å²) in [6.07, 6.45) is 1.25. The number of hydrogen-bond acceptors (Lipinski definition) is 6. The van der Waals surface area contributed by atoms with Crippen molar-refractivity contribution in [3.8, 4) is 11.5 Å². The number of benzene rings is 3. The fourth-order valence-corrected chi connectivity index (χ4v) is 3.22. The van der Waals surface area contributed by atoms with E-state index in [0.717, 1.165) is 5.56 Å². The van der Waals surface area contributed by atoms with Crippen LogP contribution in [0, 0.1) is 12.7 Å². The molecule has 0 heterocycles. The van der Waals surface area contributed by atoms with Crippen LogP contribution in [-0.2, 0) is 14.4 Å². The maximum atomic E-state index is 13.7. The number of halogens is 2. The standard InChI is InChI=1S/C25H22ClFN4O5/c1-15-7-3-5-9-19(15)30-24(33)25(34)31-28-13-16-11-17(26)23(21(12-16)35-2)36-14-22(32)29-20-10-6-4-8-18(20)27/h3-13H,14H2,1-2H3,(H,29,32)(H,30,33)(H,31,34)/b28-13-. The summed E-state index contributed by atoms with van der Waals surface area (Å²) in [5.41, 5.74) is 3.88. The number of carbonyl (C=O) groups excluding carboxylic acids is 3. The van der Waals surface area contributed by atoms with Crippen LogP contribution in [0.15, 0.2) is 65.8 Å². The summed E-state index contributed by atoms with van der Waals surface area (Å²) in [5, 5.41) is 8.75. The number of hydrazone groups is 1. The molecule has 3 N–H and O–H groups in total. The Balaban J connectivity index is 1.59. The van der Waals surface area contributed by atoms with E-state index in [-0.39, 0.29) is 22.2 Å². The number of carbonyl (C=O) groups is 3. The number of para-hydroxylation sites is 2. The number of nitrogens with zero attached hydrogens (tertiary/aromatic N) is 1. The fraction of sp³-hybridized carbons (Fsp3) is 0.120. The molecule has 0 atom stereocenters. The molecule has 0 bridgehead atoms. The van der Waals surface area contributed by atoms with Crippen molar-refractivity contribution in [1.29, 1.82) is 0 Å². The van der Waals surface area contributed by atoms with Crippen molar-refractivity contribution in [3.63, 3.8) is 0 Å². The molecule has 36 heavy (non-hydrogen) atoms. The van der Waals surface area contributed by atoms with E-state index in [0.29, 0.717) is 11.3 Å². The molecule has 3 aromatic carbocycles. The van der Waals surface area contributed by atoms with Gasteiger partial charge in [0.2, 0.25) is 0 Å². The van der Waals surface area contributed by atoms with Crippen LogP contribution >= 0.6 is 11.6 Å². The smallest absolute Gasteiger partial charge is 0.329 e. The first kappa shape index (κ1) is 26.2. The van der Waals surface area contributed by atoms with Crippen LogP contribution in [0.5, 0.6) is 11.5 Å². The number of rotatable bonds is 8. The lowest BCUT2D eigenvalue weighted by Gasteiger charge is -2.13. The van der Waals surface area contributed by atoms with E-state index in [1.807, 2.05) is 6.07 Å². The van der Waals surface area contributed by atoms with E-state index in [1.165, 1.54) is 43.7 Å². The van der Waals surface area contributed by atoms with E-state index < -0.39 is 30.1 Å². The molecule has 0 aromatic heterocycles. The number of anilines is 2. The average molecular weight is 513 g/mol. The minimum Gasteiger partial charge on any atom is -0.493 e. The number of methoxy groups -OCH3 is 1. The fourth-order valence-electron chi connectivity index (χ4n) is 2.95. The van der Waals surface area contributed by atoms with Gasteiger partial charge in [0.1, 0.15) is 5.82 Å². The Morgan fingerprint density at radius 3 is 2.39 bits per heavy atom. The van der Waals surface area contributed by atoms with E-state index in [1.54, 1.807) is 31.2 Å². The van der Waals surface area contributed by atoms with Gasteiger partial charge < -0.3 is 20.1 Å². The van der Waals surface area contributed by atoms with Gasteiger partial charge in [-0.05, 0) is 48.4 Å². The third-order valence-corrected chi connectivity index (χ3v) is 5.01. The predicted molar refractivity (Wildman–Crippen MR) is 134 cm³/mol. The van der Waals surface area contributed by atoms with Crippen LogP contribution < -0.4 is 25.5 Å². The second kappa shape index (κ2) is 12.3. The average Bonchev–Trinajstić information content (AvgIpc) is 2.85. The minimum atomic E-state index is -0.964.